The van der Waals surface area contributed by atoms with Gasteiger partial charge in [0.2, 0.25) is 17.5 Å². The lowest BCUT2D eigenvalue weighted by atomic mass is 9.81. The fourth-order valence-electron chi connectivity index (χ4n) is 4.14. The fraction of sp³-hybridized carbons (Fsp3) is 0.391. The van der Waals surface area contributed by atoms with Crippen molar-refractivity contribution < 1.29 is 27.8 Å². The first kappa shape index (κ1) is 22.8. The van der Waals surface area contributed by atoms with Crippen LogP contribution in [0.25, 0.3) is 0 Å². The Morgan fingerprint density at radius 3 is 2.48 bits per heavy atom. The molecule has 3 rings (SSSR count). The van der Waals surface area contributed by atoms with E-state index in [0.717, 1.165) is 23.2 Å². The number of rotatable bonds is 6. The molecule has 0 saturated heterocycles. The molecule has 8 heteroatoms. The first-order chi connectivity index (χ1) is 14.6. The third-order valence-corrected chi connectivity index (χ3v) is 5.63. The second kappa shape index (κ2) is 8.70. The number of amides is 1. The molecule has 0 aliphatic carbocycles. The van der Waals surface area contributed by atoms with E-state index in [4.69, 9.17) is 4.74 Å². The number of hydrogen-bond acceptors (Lipinski definition) is 4. The molecule has 1 aliphatic rings. The van der Waals surface area contributed by atoms with Crippen molar-refractivity contribution in [1.82, 2.24) is 5.01 Å². The topological polar surface area (TPSA) is 62.1 Å². The molecule has 31 heavy (non-hydrogen) atoms. The Balaban J connectivity index is 2.29. The zero-order valence-electron chi connectivity index (χ0n) is 17.9. The highest BCUT2D eigenvalue weighted by molar-refractivity contribution is 5.97. The second-order valence-corrected chi connectivity index (χ2v) is 7.69. The van der Waals surface area contributed by atoms with Crippen LogP contribution in [0.2, 0.25) is 0 Å². The normalized spacial score (nSPS) is 19.2. The van der Waals surface area contributed by atoms with Crippen LogP contribution in [0.1, 0.15) is 48.9 Å². The number of aliphatic hydroxyl groups is 1. The fourth-order valence-corrected chi connectivity index (χ4v) is 4.14. The Morgan fingerprint density at radius 1 is 1.16 bits per heavy atom. The van der Waals surface area contributed by atoms with Crippen molar-refractivity contribution in [1.29, 1.82) is 0 Å². The van der Waals surface area contributed by atoms with E-state index in [1.807, 2.05) is 6.92 Å². The maximum Gasteiger partial charge on any atom is 0.244 e. The van der Waals surface area contributed by atoms with E-state index >= 15 is 0 Å². The van der Waals surface area contributed by atoms with Crippen LogP contribution < -0.4 is 0 Å². The Hall–Kier alpha value is -2.87. The lowest BCUT2D eigenvalue weighted by Gasteiger charge is -2.41. The molecular formula is C23H25F3N2O3. The van der Waals surface area contributed by atoms with Crippen LogP contribution in [-0.2, 0) is 15.3 Å². The standard InChI is InChI=1S/C23H25F3N2O3/c1-5-16(8-9-29)23(19-12-21(26)14(3)10-13(19)2)28(15(4)30)27-22(31-23)18-11-17(24)6-7-20(18)25/h6-7,10-12,16,29H,5,8-9H2,1-4H3. The van der Waals surface area contributed by atoms with Crippen molar-refractivity contribution >= 4 is 11.8 Å². The number of nitrogens with zero attached hydrogens (tertiary/aromatic N) is 2. The minimum absolute atomic E-state index is 0.212. The number of aryl methyl sites for hydroxylation is 2. The summed E-state index contributed by atoms with van der Waals surface area (Å²) in [5, 5.41) is 14.9. The van der Waals surface area contributed by atoms with Crippen molar-refractivity contribution in [3.63, 3.8) is 0 Å². The highest BCUT2D eigenvalue weighted by Crippen LogP contribution is 2.47. The molecule has 1 N–H and O–H groups in total. The van der Waals surface area contributed by atoms with Gasteiger partial charge in [0, 0.05) is 25.0 Å². The minimum Gasteiger partial charge on any atom is -0.443 e. The Labute approximate surface area is 179 Å². The minimum atomic E-state index is -1.63. The Morgan fingerprint density at radius 2 is 1.87 bits per heavy atom. The highest BCUT2D eigenvalue weighted by atomic mass is 19.1. The molecule has 166 valence electrons. The predicted molar refractivity (Wildman–Crippen MR) is 110 cm³/mol. The average Bonchev–Trinajstić information content (AvgIpc) is 3.12. The van der Waals surface area contributed by atoms with E-state index in [9.17, 15) is 23.1 Å². The van der Waals surface area contributed by atoms with Crippen molar-refractivity contribution in [3.8, 4) is 0 Å². The van der Waals surface area contributed by atoms with Gasteiger partial charge >= 0.3 is 0 Å². The Kier molecular flexibility index (Phi) is 6.40. The summed E-state index contributed by atoms with van der Waals surface area (Å²) in [6.45, 7) is 6.25. The van der Waals surface area contributed by atoms with Gasteiger partial charge in [-0.1, -0.05) is 13.0 Å². The smallest absolute Gasteiger partial charge is 0.244 e. The van der Waals surface area contributed by atoms with Gasteiger partial charge in [-0.05, 0) is 62.1 Å². The number of ether oxygens (including phenoxy) is 1. The summed E-state index contributed by atoms with van der Waals surface area (Å²) in [4.78, 5) is 12.7. The second-order valence-electron chi connectivity index (χ2n) is 7.69. The monoisotopic (exact) mass is 434 g/mol. The van der Waals surface area contributed by atoms with E-state index in [0.29, 0.717) is 23.1 Å². The van der Waals surface area contributed by atoms with Gasteiger partial charge in [0.1, 0.15) is 17.5 Å². The van der Waals surface area contributed by atoms with Gasteiger partial charge in [-0.25, -0.2) is 13.2 Å². The molecule has 2 atom stereocenters. The summed E-state index contributed by atoms with van der Waals surface area (Å²) in [7, 11) is 0. The molecule has 0 spiro atoms. The van der Waals surface area contributed by atoms with Gasteiger partial charge < -0.3 is 9.84 Å². The first-order valence-electron chi connectivity index (χ1n) is 10.1. The van der Waals surface area contributed by atoms with E-state index in [1.54, 1.807) is 19.9 Å². The van der Waals surface area contributed by atoms with Crippen LogP contribution >= 0.6 is 0 Å². The number of hydrazone groups is 1. The molecule has 0 fully saturated rings. The van der Waals surface area contributed by atoms with Crippen LogP contribution in [0.4, 0.5) is 13.2 Å². The summed E-state index contributed by atoms with van der Waals surface area (Å²) in [6, 6.07) is 5.74. The molecule has 2 unspecified atom stereocenters. The van der Waals surface area contributed by atoms with Crippen molar-refractivity contribution in [2.24, 2.45) is 11.0 Å². The summed E-state index contributed by atoms with van der Waals surface area (Å²) in [5.74, 6) is -3.31. The van der Waals surface area contributed by atoms with E-state index < -0.39 is 35.0 Å². The maximum atomic E-state index is 14.6. The lowest BCUT2D eigenvalue weighted by Crippen LogP contribution is -2.50. The Bertz CT molecular complexity index is 1040. The number of benzene rings is 2. The number of carbonyl (C=O) groups excluding carboxylic acids is 1. The van der Waals surface area contributed by atoms with Crippen LogP contribution in [0.15, 0.2) is 35.4 Å². The molecule has 1 heterocycles. The van der Waals surface area contributed by atoms with Crippen molar-refractivity contribution in [3.05, 3.63) is 70.0 Å². The molecule has 0 aromatic heterocycles. The number of carbonyl (C=O) groups is 1. The first-order valence-corrected chi connectivity index (χ1v) is 10.1. The number of aliphatic hydroxyl groups excluding tert-OH is 1. The van der Waals surface area contributed by atoms with Crippen LogP contribution in [-0.4, -0.2) is 28.5 Å². The maximum absolute atomic E-state index is 14.6. The van der Waals surface area contributed by atoms with Gasteiger partial charge in [-0.2, -0.15) is 5.01 Å². The largest absolute Gasteiger partial charge is 0.443 e. The zero-order valence-corrected chi connectivity index (χ0v) is 17.9. The van der Waals surface area contributed by atoms with Gasteiger partial charge in [0.05, 0.1) is 5.56 Å². The van der Waals surface area contributed by atoms with Crippen LogP contribution in [0.5, 0.6) is 0 Å². The number of hydrogen-bond donors (Lipinski definition) is 1. The van der Waals surface area contributed by atoms with Crippen LogP contribution in [0.3, 0.4) is 0 Å². The summed E-state index contributed by atoms with van der Waals surface area (Å²) >= 11 is 0. The molecular weight excluding hydrogens is 409 g/mol. The molecule has 1 amide bonds. The van der Waals surface area contributed by atoms with E-state index in [1.165, 1.54) is 13.0 Å². The van der Waals surface area contributed by atoms with Crippen molar-refractivity contribution in [2.45, 2.75) is 46.3 Å². The van der Waals surface area contributed by atoms with Gasteiger partial charge in [0.15, 0.2) is 0 Å². The molecule has 0 saturated carbocycles. The molecule has 1 aliphatic heterocycles. The van der Waals surface area contributed by atoms with E-state index in [2.05, 4.69) is 5.10 Å². The summed E-state index contributed by atoms with van der Waals surface area (Å²) in [5.41, 5.74) is -0.497. The molecule has 5 nitrogen and oxygen atoms in total. The molecule has 0 bridgehead atoms. The third-order valence-electron chi connectivity index (χ3n) is 5.63. The quantitative estimate of drug-likeness (QED) is 0.727. The molecule has 2 aromatic rings. The predicted octanol–water partition coefficient (Wildman–Crippen LogP) is 4.52. The molecule has 2 aromatic carbocycles. The van der Waals surface area contributed by atoms with Gasteiger partial charge in [0.25, 0.3) is 0 Å². The summed E-state index contributed by atoms with van der Waals surface area (Å²) in [6.07, 6.45) is 0.650. The SMILES string of the molecule is CCC(CCO)C1(c2cc(F)c(C)cc2C)OC(c2cc(F)ccc2F)=NN1C(C)=O. The highest BCUT2D eigenvalue weighted by Gasteiger charge is 2.54. The van der Waals surface area contributed by atoms with Crippen LogP contribution in [0, 0.1) is 37.2 Å². The van der Waals surface area contributed by atoms with Crippen molar-refractivity contribution in [2.75, 3.05) is 6.61 Å². The third kappa shape index (κ3) is 3.92. The van der Waals surface area contributed by atoms with Gasteiger partial charge in [-0.15, -0.1) is 5.10 Å². The summed E-state index contributed by atoms with van der Waals surface area (Å²) < 4.78 is 49.2. The molecule has 0 radical (unpaired) electrons. The average molecular weight is 434 g/mol. The van der Waals surface area contributed by atoms with Gasteiger partial charge in [-0.3, -0.25) is 4.79 Å². The number of halogens is 3. The lowest BCUT2D eigenvalue weighted by molar-refractivity contribution is -0.162. The van der Waals surface area contributed by atoms with E-state index in [-0.39, 0.29) is 24.5 Å². The zero-order chi connectivity index (χ0) is 22.9.